The fourth-order valence-electron chi connectivity index (χ4n) is 2.99. The van der Waals surface area contributed by atoms with Crippen molar-refractivity contribution in [1.82, 2.24) is 0 Å². The van der Waals surface area contributed by atoms with E-state index in [2.05, 4.69) is 6.92 Å². The molecule has 0 aromatic heterocycles. The van der Waals surface area contributed by atoms with Gasteiger partial charge in [0.2, 0.25) is 0 Å². The van der Waals surface area contributed by atoms with Crippen LogP contribution in [0.2, 0.25) is 0 Å². The van der Waals surface area contributed by atoms with Crippen LogP contribution in [0.4, 0.5) is 0 Å². The molecule has 0 fully saturated rings. The number of Topliss-reactive ketones (excluding diaryl/α,β-unsaturated/α-hetero) is 1. The van der Waals surface area contributed by atoms with Crippen LogP contribution in [-0.4, -0.2) is 23.5 Å². The third-order valence-electron chi connectivity index (χ3n) is 4.75. The molecule has 3 aromatic rings. The Bertz CT molecular complexity index is 955. The van der Waals surface area contributed by atoms with Gasteiger partial charge in [0.25, 0.3) is 0 Å². The van der Waals surface area contributed by atoms with Crippen molar-refractivity contribution in [3.05, 3.63) is 89.5 Å². The van der Waals surface area contributed by atoms with Crippen LogP contribution in [0.1, 0.15) is 46.0 Å². The Balaban J connectivity index is 1.56. The van der Waals surface area contributed by atoms with E-state index in [1.54, 1.807) is 60.7 Å². The second-order valence-corrected chi connectivity index (χ2v) is 6.92. The molecule has 0 aliphatic rings. The van der Waals surface area contributed by atoms with E-state index in [-0.39, 0.29) is 18.1 Å². The van der Waals surface area contributed by atoms with Gasteiger partial charge in [0.1, 0.15) is 5.75 Å². The molecule has 0 amide bonds. The molecule has 1 N–H and O–H groups in total. The Morgan fingerprint density at radius 1 is 0.793 bits per heavy atom. The maximum atomic E-state index is 12.3. The van der Waals surface area contributed by atoms with Crippen molar-refractivity contribution in [3.8, 4) is 16.9 Å². The number of benzene rings is 3. The first-order chi connectivity index (χ1) is 14.1. The second kappa shape index (κ2) is 9.69. The van der Waals surface area contributed by atoms with Crippen molar-refractivity contribution in [2.75, 3.05) is 6.61 Å². The summed E-state index contributed by atoms with van der Waals surface area (Å²) >= 11 is 0. The summed E-state index contributed by atoms with van der Waals surface area (Å²) in [5.74, 6) is -0.550. The molecule has 0 spiro atoms. The van der Waals surface area contributed by atoms with Crippen LogP contribution in [0.5, 0.6) is 5.75 Å². The zero-order valence-corrected chi connectivity index (χ0v) is 16.4. The van der Waals surface area contributed by atoms with E-state index in [0.717, 1.165) is 30.4 Å². The highest BCUT2D eigenvalue weighted by molar-refractivity contribution is 5.99. The van der Waals surface area contributed by atoms with Crippen LogP contribution in [0.15, 0.2) is 72.8 Å². The first kappa shape index (κ1) is 20.3. The largest absolute Gasteiger partial charge is 0.508 e. The lowest BCUT2D eigenvalue weighted by molar-refractivity contribution is 0.0475. The number of phenolic OH excluding ortho intramolecular Hbond substituents is 1. The standard InChI is InChI=1S/C25H24O4/c1-2-3-4-18-5-7-21(8-6-18)24(27)17-29-25(28)22-11-9-19(10-12-22)20-13-15-23(26)16-14-20/h5-16,26H,2-4,17H2,1H3. The number of esters is 1. The maximum absolute atomic E-state index is 12.3. The first-order valence-electron chi connectivity index (χ1n) is 9.75. The van der Waals surface area contributed by atoms with Gasteiger partial charge in [-0.1, -0.05) is 61.9 Å². The number of hydrogen-bond acceptors (Lipinski definition) is 4. The van der Waals surface area contributed by atoms with E-state index < -0.39 is 5.97 Å². The van der Waals surface area contributed by atoms with Crippen LogP contribution >= 0.6 is 0 Å². The van der Waals surface area contributed by atoms with Crippen LogP contribution in [0.25, 0.3) is 11.1 Å². The molecule has 0 unspecified atom stereocenters. The number of ether oxygens (including phenoxy) is 1. The average molecular weight is 388 g/mol. The molecule has 0 bridgehead atoms. The third-order valence-corrected chi connectivity index (χ3v) is 4.75. The number of phenols is 1. The van der Waals surface area contributed by atoms with E-state index in [9.17, 15) is 14.7 Å². The van der Waals surface area contributed by atoms with Gasteiger partial charge in [-0.15, -0.1) is 0 Å². The van der Waals surface area contributed by atoms with Gasteiger partial charge in [-0.25, -0.2) is 4.79 Å². The molecular weight excluding hydrogens is 364 g/mol. The summed E-state index contributed by atoms with van der Waals surface area (Å²) in [4.78, 5) is 24.5. The van der Waals surface area contributed by atoms with Crippen molar-refractivity contribution in [2.45, 2.75) is 26.2 Å². The summed E-state index contributed by atoms with van der Waals surface area (Å²) in [6.45, 7) is 1.86. The summed E-state index contributed by atoms with van der Waals surface area (Å²) in [6.07, 6.45) is 3.25. The average Bonchev–Trinajstić information content (AvgIpc) is 2.77. The molecule has 0 aliphatic carbocycles. The van der Waals surface area contributed by atoms with Gasteiger partial charge in [0.15, 0.2) is 12.4 Å². The van der Waals surface area contributed by atoms with Crippen LogP contribution in [-0.2, 0) is 11.2 Å². The molecule has 3 rings (SSSR count). The number of aryl methyl sites for hydroxylation is 1. The summed E-state index contributed by atoms with van der Waals surface area (Å²) in [5, 5.41) is 9.37. The summed E-state index contributed by atoms with van der Waals surface area (Å²) in [6, 6.07) is 21.2. The van der Waals surface area contributed by atoms with Crippen LogP contribution in [0, 0.1) is 0 Å². The third kappa shape index (κ3) is 5.55. The Hall–Kier alpha value is -3.40. The van der Waals surface area contributed by atoms with Gasteiger partial charge in [-0.05, 0) is 53.8 Å². The molecule has 148 valence electrons. The zero-order chi connectivity index (χ0) is 20.6. The summed E-state index contributed by atoms with van der Waals surface area (Å²) < 4.78 is 5.18. The minimum Gasteiger partial charge on any atom is -0.508 e. The minimum absolute atomic E-state index is 0.203. The molecule has 3 aromatic carbocycles. The fraction of sp³-hybridized carbons (Fsp3) is 0.200. The van der Waals surface area contributed by atoms with Crippen molar-refractivity contribution < 1.29 is 19.4 Å². The van der Waals surface area contributed by atoms with Gasteiger partial charge in [-0.3, -0.25) is 4.79 Å². The van der Waals surface area contributed by atoms with Crippen molar-refractivity contribution in [1.29, 1.82) is 0 Å². The molecular formula is C25H24O4. The second-order valence-electron chi connectivity index (χ2n) is 6.92. The number of aromatic hydroxyl groups is 1. The molecule has 29 heavy (non-hydrogen) atoms. The minimum atomic E-state index is -0.532. The molecule has 4 nitrogen and oxygen atoms in total. The van der Waals surface area contributed by atoms with Crippen molar-refractivity contribution in [3.63, 3.8) is 0 Å². The highest BCUT2D eigenvalue weighted by Crippen LogP contribution is 2.22. The maximum Gasteiger partial charge on any atom is 0.338 e. The smallest absolute Gasteiger partial charge is 0.338 e. The van der Waals surface area contributed by atoms with Gasteiger partial charge < -0.3 is 9.84 Å². The van der Waals surface area contributed by atoms with E-state index in [1.165, 1.54) is 5.56 Å². The quantitative estimate of drug-likeness (QED) is 0.412. The van der Waals surface area contributed by atoms with Crippen LogP contribution in [0.3, 0.4) is 0 Å². The Labute approximate surface area is 170 Å². The summed E-state index contributed by atoms with van der Waals surface area (Å²) in [7, 11) is 0. The number of rotatable bonds is 8. The molecule has 0 saturated heterocycles. The normalized spacial score (nSPS) is 10.5. The zero-order valence-electron chi connectivity index (χ0n) is 16.4. The van der Waals surface area contributed by atoms with Gasteiger partial charge in [-0.2, -0.15) is 0 Å². The fourth-order valence-corrected chi connectivity index (χ4v) is 2.99. The van der Waals surface area contributed by atoms with Gasteiger partial charge in [0, 0.05) is 5.56 Å². The molecule has 0 heterocycles. The van der Waals surface area contributed by atoms with E-state index >= 15 is 0 Å². The van der Waals surface area contributed by atoms with E-state index in [1.807, 2.05) is 12.1 Å². The molecule has 0 aliphatic heterocycles. The molecule has 0 saturated carbocycles. The lowest BCUT2D eigenvalue weighted by Crippen LogP contribution is -2.14. The molecule has 0 radical (unpaired) electrons. The number of ketones is 1. The van der Waals surface area contributed by atoms with E-state index in [0.29, 0.717) is 11.1 Å². The number of carbonyl (C=O) groups is 2. The Kier molecular flexibility index (Phi) is 6.80. The lowest BCUT2D eigenvalue weighted by atomic mass is 10.0. The predicted octanol–water partition coefficient (Wildman–Crippen LogP) is 5.44. The SMILES string of the molecule is CCCCc1ccc(C(=O)COC(=O)c2ccc(-c3ccc(O)cc3)cc2)cc1. The monoisotopic (exact) mass is 388 g/mol. The van der Waals surface area contributed by atoms with Crippen molar-refractivity contribution >= 4 is 11.8 Å². The Morgan fingerprint density at radius 3 is 1.93 bits per heavy atom. The first-order valence-corrected chi connectivity index (χ1v) is 9.75. The number of hydrogen-bond donors (Lipinski definition) is 1. The predicted molar refractivity (Wildman–Crippen MR) is 113 cm³/mol. The molecule has 0 atom stereocenters. The Morgan fingerprint density at radius 2 is 1.34 bits per heavy atom. The topological polar surface area (TPSA) is 63.6 Å². The molecule has 4 heteroatoms. The van der Waals surface area contributed by atoms with Crippen molar-refractivity contribution in [2.24, 2.45) is 0 Å². The van der Waals surface area contributed by atoms with Gasteiger partial charge in [0.05, 0.1) is 5.56 Å². The van der Waals surface area contributed by atoms with Crippen LogP contribution < -0.4 is 0 Å². The highest BCUT2D eigenvalue weighted by Gasteiger charge is 2.12. The highest BCUT2D eigenvalue weighted by atomic mass is 16.5. The summed E-state index contributed by atoms with van der Waals surface area (Å²) in [5.41, 5.74) is 3.98. The number of carbonyl (C=O) groups excluding carboxylic acids is 2. The lowest BCUT2D eigenvalue weighted by Gasteiger charge is -2.07. The number of unbranched alkanes of at least 4 members (excludes halogenated alkanes) is 1. The van der Waals surface area contributed by atoms with Gasteiger partial charge >= 0.3 is 5.97 Å². The van der Waals surface area contributed by atoms with E-state index in [4.69, 9.17) is 4.74 Å².